The minimum absolute atomic E-state index is 0.0143. The molecule has 0 spiro atoms. The van der Waals surface area contributed by atoms with Gasteiger partial charge in [0.15, 0.2) is 11.5 Å². The third-order valence-corrected chi connectivity index (χ3v) is 6.04. The largest absolute Gasteiger partial charge is 0.586 e. The number of thiazole rings is 1. The lowest BCUT2D eigenvalue weighted by molar-refractivity contribution is -0.286. The van der Waals surface area contributed by atoms with Crippen molar-refractivity contribution in [3.8, 4) is 11.5 Å². The van der Waals surface area contributed by atoms with Gasteiger partial charge in [0.1, 0.15) is 11.6 Å². The Morgan fingerprint density at radius 2 is 1.71 bits per heavy atom. The fourth-order valence-corrected chi connectivity index (χ4v) is 4.29. The number of pyridine rings is 1. The maximum Gasteiger partial charge on any atom is 0.586 e. The van der Waals surface area contributed by atoms with Gasteiger partial charge < -0.3 is 25.4 Å². The molecule has 0 fully saturated rings. The lowest BCUT2D eigenvalue weighted by Crippen LogP contribution is -2.25. The number of carbonyl (C=O) groups excluding carboxylic acids is 2. The molecule has 3 heterocycles. The molecule has 0 aliphatic carbocycles. The zero-order valence-electron chi connectivity index (χ0n) is 19.5. The Labute approximate surface area is 219 Å². The van der Waals surface area contributed by atoms with Crippen molar-refractivity contribution >= 4 is 46.3 Å². The first-order valence-electron chi connectivity index (χ1n) is 11.3. The van der Waals surface area contributed by atoms with Gasteiger partial charge in [-0.2, -0.15) is 0 Å². The molecule has 0 saturated heterocycles. The van der Waals surface area contributed by atoms with Crippen molar-refractivity contribution in [1.29, 1.82) is 0 Å². The molecule has 1 aliphatic rings. The van der Waals surface area contributed by atoms with Crippen molar-refractivity contribution in [1.82, 2.24) is 9.97 Å². The van der Waals surface area contributed by atoms with Gasteiger partial charge in [-0.1, -0.05) is 18.2 Å². The van der Waals surface area contributed by atoms with E-state index in [1.807, 2.05) is 18.2 Å². The van der Waals surface area contributed by atoms with Crippen LogP contribution < -0.4 is 30.7 Å². The summed E-state index contributed by atoms with van der Waals surface area (Å²) in [7, 11) is 0. The second-order valence-electron chi connectivity index (χ2n) is 8.03. The number of halogens is 2. The van der Waals surface area contributed by atoms with E-state index < -0.39 is 12.3 Å². The van der Waals surface area contributed by atoms with E-state index in [0.717, 1.165) is 5.56 Å². The molecule has 194 valence electrons. The minimum Gasteiger partial charge on any atom is -0.395 e. The van der Waals surface area contributed by atoms with Gasteiger partial charge in [0.2, 0.25) is 5.91 Å². The number of fused-ring (bicyclic) bond motifs is 1. The van der Waals surface area contributed by atoms with Crippen LogP contribution in [0.3, 0.4) is 0 Å². The van der Waals surface area contributed by atoms with Crippen LogP contribution in [-0.2, 0) is 17.8 Å². The Bertz CT molecular complexity index is 1470. The molecule has 1 aliphatic heterocycles. The lowest BCUT2D eigenvalue weighted by atomic mass is 10.2. The van der Waals surface area contributed by atoms with Gasteiger partial charge in [0, 0.05) is 30.2 Å². The first kappa shape index (κ1) is 24.9. The number of anilines is 4. The molecule has 2 aromatic heterocycles. The van der Waals surface area contributed by atoms with E-state index in [1.165, 1.54) is 29.5 Å². The third kappa shape index (κ3) is 6.31. The third-order valence-electron chi connectivity index (χ3n) is 5.20. The van der Waals surface area contributed by atoms with Crippen LogP contribution in [0.4, 0.5) is 36.6 Å². The number of nitrogens with zero attached hydrogens (tertiary/aromatic N) is 2. The van der Waals surface area contributed by atoms with E-state index in [0.29, 0.717) is 34.4 Å². The van der Waals surface area contributed by atoms with Crippen LogP contribution in [0.5, 0.6) is 11.5 Å². The van der Waals surface area contributed by atoms with E-state index in [9.17, 15) is 18.4 Å². The Morgan fingerprint density at radius 1 is 0.895 bits per heavy atom. The number of alkyl halides is 2. The Hall–Kier alpha value is -4.78. The highest BCUT2D eigenvalue weighted by Gasteiger charge is 2.43. The highest BCUT2D eigenvalue weighted by atomic mass is 32.1. The quantitative estimate of drug-likeness (QED) is 0.240. The number of hydrogen-bond donors (Lipinski definition) is 4. The number of carbonyl (C=O) groups is 2. The zero-order chi connectivity index (χ0) is 26.5. The molecule has 10 nitrogen and oxygen atoms in total. The predicted octanol–water partition coefficient (Wildman–Crippen LogP) is 5.30. The van der Waals surface area contributed by atoms with Crippen LogP contribution >= 0.6 is 11.3 Å². The van der Waals surface area contributed by atoms with Crippen LogP contribution in [0.2, 0.25) is 0 Å². The second-order valence-corrected chi connectivity index (χ2v) is 8.97. The van der Waals surface area contributed by atoms with Gasteiger partial charge in [-0.15, -0.1) is 20.1 Å². The van der Waals surface area contributed by atoms with E-state index in [-0.39, 0.29) is 23.8 Å². The molecule has 0 atom stereocenters. The molecule has 0 saturated carbocycles. The van der Waals surface area contributed by atoms with E-state index >= 15 is 0 Å². The van der Waals surface area contributed by atoms with Crippen molar-refractivity contribution in [2.75, 3.05) is 21.3 Å². The first-order valence-corrected chi connectivity index (χ1v) is 12.1. The molecule has 5 rings (SSSR count). The van der Waals surface area contributed by atoms with Crippen molar-refractivity contribution in [2.24, 2.45) is 0 Å². The van der Waals surface area contributed by atoms with E-state index in [1.54, 1.807) is 36.0 Å². The van der Waals surface area contributed by atoms with Crippen LogP contribution in [-0.4, -0.2) is 28.2 Å². The molecule has 0 unspecified atom stereocenters. The van der Waals surface area contributed by atoms with Gasteiger partial charge in [-0.3, -0.25) is 10.1 Å². The molecule has 3 amide bonds. The number of hydrogen-bond acceptors (Lipinski definition) is 8. The van der Waals surface area contributed by atoms with Gasteiger partial charge in [-0.25, -0.2) is 14.8 Å². The summed E-state index contributed by atoms with van der Waals surface area (Å²) in [5, 5.41) is 11.3. The molecular formula is C25H20F2N6O4S. The number of rotatable bonds is 8. The van der Waals surface area contributed by atoms with Crippen LogP contribution in [0.1, 0.15) is 10.4 Å². The SMILES string of the molecule is O=C(Cc1scnc1NCc1ccnc(NC(=O)Nc2ccccc2)c1)Nc1ccc2c(c1)OC(F)(F)O2. The van der Waals surface area contributed by atoms with E-state index in [4.69, 9.17) is 0 Å². The predicted molar refractivity (Wildman–Crippen MR) is 138 cm³/mol. The van der Waals surface area contributed by atoms with Crippen LogP contribution in [0.25, 0.3) is 0 Å². The average molecular weight is 539 g/mol. The number of urea groups is 1. The smallest absolute Gasteiger partial charge is 0.395 e. The molecule has 38 heavy (non-hydrogen) atoms. The molecule has 4 N–H and O–H groups in total. The summed E-state index contributed by atoms with van der Waals surface area (Å²) in [5.41, 5.74) is 3.39. The molecule has 0 radical (unpaired) electrons. The second kappa shape index (κ2) is 10.7. The fraction of sp³-hybridized carbons (Fsp3) is 0.120. The first-order chi connectivity index (χ1) is 18.3. The number of para-hydroxylation sites is 1. The maximum absolute atomic E-state index is 13.2. The Balaban J connectivity index is 1.14. The topological polar surface area (TPSA) is 126 Å². The molecule has 2 aromatic carbocycles. The summed E-state index contributed by atoms with van der Waals surface area (Å²) in [6.07, 6.45) is -2.14. The van der Waals surface area contributed by atoms with Gasteiger partial charge >= 0.3 is 12.3 Å². The summed E-state index contributed by atoms with van der Waals surface area (Å²) in [5.74, 6) is 0.286. The van der Waals surface area contributed by atoms with Crippen molar-refractivity contribution in [2.45, 2.75) is 19.3 Å². The minimum atomic E-state index is -3.73. The van der Waals surface area contributed by atoms with Crippen molar-refractivity contribution in [3.05, 3.63) is 82.8 Å². The van der Waals surface area contributed by atoms with Crippen molar-refractivity contribution < 1.29 is 27.8 Å². The normalized spacial score (nSPS) is 13.0. The highest BCUT2D eigenvalue weighted by Crippen LogP contribution is 2.42. The fourth-order valence-electron chi connectivity index (χ4n) is 3.56. The van der Waals surface area contributed by atoms with Gasteiger partial charge in [0.05, 0.1) is 16.8 Å². The summed E-state index contributed by atoms with van der Waals surface area (Å²) >= 11 is 1.30. The Morgan fingerprint density at radius 3 is 2.55 bits per heavy atom. The number of aromatic nitrogens is 2. The summed E-state index contributed by atoms with van der Waals surface area (Å²) in [6, 6.07) is 16.1. The van der Waals surface area contributed by atoms with Crippen LogP contribution in [0.15, 0.2) is 72.4 Å². The highest BCUT2D eigenvalue weighted by molar-refractivity contribution is 7.10. The number of nitrogens with one attached hydrogen (secondary N) is 4. The standard InChI is InChI=1S/C25H20F2N6O4S/c26-25(27)36-18-7-6-17(11-19(18)37-25)31-22(34)12-20-23(30-14-38-20)29-13-15-8-9-28-21(10-15)33-24(35)32-16-4-2-1-3-5-16/h1-11,14,29H,12-13H2,(H,31,34)(H2,28,32,33,35). The average Bonchev–Trinajstić information content (AvgIpc) is 3.44. The lowest BCUT2D eigenvalue weighted by Gasteiger charge is -2.10. The molecule has 13 heteroatoms. The van der Waals surface area contributed by atoms with Crippen molar-refractivity contribution in [3.63, 3.8) is 0 Å². The molecular weight excluding hydrogens is 518 g/mol. The van der Waals surface area contributed by atoms with Gasteiger partial charge in [-0.05, 0) is 42.0 Å². The number of ether oxygens (including phenoxy) is 2. The Kier molecular flexibility index (Phi) is 7.00. The van der Waals surface area contributed by atoms with Crippen LogP contribution in [0, 0.1) is 0 Å². The summed E-state index contributed by atoms with van der Waals surface area (Å²) in [4.78, 5) is 33.9. The number of amides is 3. The summed E-state index contributed by atoms with van der Waals surface area (Å²) in [6.45, 7) is 0.367. The molecule has 0 bridgehead atoms. The monoisotopic (exact) mass is 538 g/mol. The van der Waals surface area contributed by atoms with E-state index in [2.05, 4.69) is 40.7 Å². The zero-order valence-corrected chi connectivity index (χ0v) is 20.4. The maximum atomic E-state index is 13.2. The number of benzene rings is 2. The molecule has 4 aromatic rings. The summed E-state index contributed by atoms with van der Waals surface area (Å²) < 4.78 is 35.2. The van der Waals surface area contributed by atoms with Gasteiger partial charge in [0.25, 0.3) is 0 Å².